The van der Waals surface area contributed by atoms with Crippen LogP contribution in [0.3, 0.4) is 0 Å². The van der Waals surface area contributed by atoms with Crippen LogP contribution in [0.4, 0.5) is 0 Å². The number of Topliss-reactive ketones (excluding diaryl/α,β-unsaturated/α-hetero) is 1. The summed E-state index contributed by atoms with van der Waals surface area (Å²) >= 11 is 0. The van der Waals surface area contributed by atoms with Crippen LogP contribution >= 0.6 is 0 Å². The number of ether oxygens (including phenoxy) is 1. The van der Waals surface area contributed by atoms with Crippen LogP contribution in [0.1, 0.15) is 61.3 Å². The molecule has 0 saturated carbocycles. The summed E-state index contributed by atoms with van der Waals surface area (Å²) in [7, 11) is -3.72. The Morgan fingerprint density at radius 1 is 1.00 bits per heavy atom. The van der Waals surface area contributed by atoms with Crippen molar-refractivity contribution in [3.63, 3.8) is 0 Å². The highest BCUT2D eigenvalue weighted by atomic mass is 28.4. The van der Waals surface area contributed by atoms with Crippen molar-refractivity contribution in [3.05, 3.63) is 0 Å². The second-order valence-corrected chi connectivity index (χ2v) is 20.7. The Balaban J connectivity index is 2.59. The molecule has 26 heavy (non-hydrogen) atoms. The fourth-order valence-corrected chi connectivity index (χ4v) is 4.34. The third-order valence-corrected chi connectivity index (χ3v) is 15.7. The number of rotatable bonds is 7. The van der Waals surface area contributed by atoms with Gasteiger partial charge in [-0.2, -0.15) is 0 Å². The normalized spacial score (nSPS) is 25.6. The highest BCUT2D eigenvalue weighted by molar-refractivity contribution is 6.74. The smallest absolute Gasteiger partial charge is 0.192 e. The van der Waals surface area contributed by atoms with Gasteiger partial charge in [0.15, 0.2) is 22.4 Å². The zero-order chi connectivity index (χ0) is 20.6. The van der Waals surface area contributed by atoms with Crippen LogP contribution in [0, 0.1) is 0 Å². The third-order valence-electron chi connectivity index (χ3n) is 6.77. The van der Waals surface area contributed by atoms with E-state index in [9.17, 15) is 4.79 Å². The van der Waals surface area contributed by atoms with Crippen LogP contribution in [-0.4, -0.2) is 47.3 Å². The molecule has 1 heterocycles. The lowest BCUT2D eigenvalue weighted by molar-refractivity contribution is -0.144. The maximum atomic E-state index is 12.8. The molecule has 0 aromatic heterocycles. The summed E-state index contributed by atoms with van der Waals surface area (Å²) in [5.74, 6) is 0.0668. The van der Waals surface area contributed by atoms with Gasteiger partial charge < -0.3 is 13.6 Å². The number of hydrogen-bond donors (Lipinski definition) is 0. The van der Waals surface area contributed by atoms with Crippen molar-refractivity contribution in [1.82, 2.24) is 0 Å². The molecule has 1 saturated heterocycles. The van der Waals surface area contributed by atoms with Crippen LogP contribution < -0.4 is 0 Å². The van der Waals surface area contributed by atoms with E-state index in [-0.39, 0.29) is 28.6 Å². The zero-order valence-electron chi connectivity index (χ0n) is 19.0. The number of carbonyl (C=O) groups excluding carboxylic acids is 1. The lowest BCUT2D eigenvalue weighted by Gasteiger charge is -2.37. The molecule has 1 rings (SSSR count). The fraction of sp³-hybridized carbons (Fsp3) is 0.950. The molecule has 0 amide bonds. The molecule has 0 aromatic rings. The molecule has 1 aliphatic heterocycles. The molecular weight excluding hydrogens is 360 g/mol. The van der Waals surface area contributed by atoms with E-state index in [0.717, 1.165) is 12.8 Å². The van der Waals surface area contributed by atoms with E-state index in [1.165, 1.54) is 0 Å². The Morgan fingerprint density at radius 3 is 1.92 bits per heavy atom. The Kier molecular flexibility index (Phi) is 7.19. The van der Waals surface area contributed by atoms with Crippen molar-refractivity contribution in [2.75, 3.05) is 13.2 Å². The molecule has 0 unspecified atom stereocenters. The van der Waals surface area contributed by atoms with Crippen molar-refractivity contribution in [3.8, 4) is 0 Å². The molecule has 4 nitrogen and oxygen atoms in total. The third kappa shape index (κ3) is 5.74. The van der Waals surface area contributed by atoms with Gasteiger partial charge in [0.2, 0.25) is 0 Å². The quantitative estimate of drug-likeness (QED) is 0.525. The van der Waals surface area contributed by atoms with Crippen molar-refractivity contribution >= 4 is 22.4 Å². The minimum Gasteiger partial charge on any atom is -0.414 e. The predicted molar refractivity (Wildman–Crippen MR) is 114 cm³/mol. The minimum absolute atomic E-state index is 0.00551. The van der Waals surface area contributed by atoms with E-state index < -0.39 is 22.2 Å². The van der Waals surface area contributed by atoms with Gasteiger partial charge >= 0.3 is 0 Å². The number of ketones is 1. The van der Waals surface area contributed by atoms with Crippen molar-refractivity contribution in [2.24, 2.45) is 0 Å². The van der Waals surface area contributed by atoms with E-state index in [4.69, 9.17) is 13.6 Å². The molecule has 1 aliphatic rings. The van der Waals surface area contributed by atoms with Gasteiger partial charge in [0.25, 0.3) is 0 Å². The first-order valence-electron chi connectivity index (χ1n) is 9.90. The Labute approximate surface area is 163 Å². The van der Waals surface area contributed by atoms with Crippen LogP contribution in [-0.2, 0) is 18.4 Å². The summed E-state index contributed by atoms with van der Waals surface area (Å²) < 4.78 is 18.6. The molecule has 0 spiro atoms. The van der Waals surface area contributed by atoms with Gasteiger partial charge in [0, 0.05) is 0 Å². The highest BCUT2D eigenvalue weighted by Gasteiger charge is 2.45. The predicted octanol–water partition coefficient (Wildman–Crippen LogP) is 5.54. The summed E-state index contributed by atoms with van der Waals surface area (Å²) in [6.07, 6.45) is 1.63. The molecule has 1 fully saturated rings. The Hall–Kier alpha value is -0.0162. The molecule has 0 radical (unpaired) electrons. The van der Waals surface area contributed by atoms with Crippen molar-refractivity contribution < 1.29 is 18.4 Å². The first-order valence-corrected chi connectivity index (χ1v) is 15.7. The minimum atomic E-state index is -1.93. The standard InChI is InChI=1S/C20H42O4Si2/c1-18(2,3)25(8,9)22-14-16-12-13-20(7,24-16)17(21)15-23-26(10,11)19(4,5)6/h16H,12-15H2,1-11H3/t16-,20-/m1/s1. The SMILES string of the molecule is CC(C)(C)[Si](C)(C)OCC(=O)[C@@]1(C)CC[C@H](CO[Si](C)(C)C(C)(C)C)O1. The second-order valence-electron chi connectivity index (χ2n) is 11.1. The summed E-state index contributed by atoms with van der Waals surface area (Å²) in [4.78, 5) is 12.8. The molecule has 0 N–H and O–H groups in total. The average molecular weight is 403 g/mol. The van der Waals surface area contributed by atoms with E-state index >= 15 is 0 Å². The first kappa shape index (κ1) is 24.0. The van der Waals surface area contributed by atoms with Crippen LogP contribution in [0.25, 0.3) is 0 Å². The molecular formula is C20H42O4Si2. The Bertz CT molecular complexity index is 503. The first-order chi connectivity index (χ1) is 11.4. The Morgan fingerprint density at radius 2 is 1.46 bits per heavy atom. The van der Waals surface area contributed by atoms with Crippen molar-refractivity contribution in [2.45, 2.75) is 109 Å². The van der Waals surface area contributed by atoms with Gasteiger partial charge in [0.1, 0.15) is 5.60 Å². The number of hydrogen-bond acceptors (Lipinski definition) is 4. The van der Waals surface area contributed by atoms with E-state index in [2.05, 4.69) is 67.7 Å². The van der Waals surface area contributed by atoms with Gasteiger partial charge in [-0.25, -0.2) is 0 Å². The summed E-state index contributed by atoms with van der Waals surface area (Å²) in [6, 6.07) is 0. The van der Waals surface area contributed by atoms with Crippen LogP contribution in [0.5, 0.6) is 0 Å². The monoisotopic (exact) mass is 402 g/mol. The van der Waals surface area contributed by atoms with E-state index in [1.807, 2.05) is 6.92 Å². The molecule has 0 bridgehead atoms. The maximum Gasteiger partial charge on any atom is 0.192 e. The zero-order valence-corrected chi connectivity index (χ0v) is 21.0. The summed E-state index contributed by atoms with van der Waals surface area (Å²) in [5.41, 5.74) is -0.732. The highest BCUT2D eigenvalue weighted by Crippen LogP contribution is 2.39. The van der Waals surface area contributed by atoms with E-state index in [0.29, 0.717) is 6.61 Å². The molecule has 0 aromatic carbocycles. The average Bonchev–Trinajstić information content (AvgIpc) is 2.83. The van der Waals surface area contributed by atoms with Crippen molar-refractivity contribution in [1.29, 1.82) is 0 Å². The lowest BCUT2D eigenvalue weighted by atomic mass is 9.97. The molecule has 0 aliphatic carbocycles. The van der Waals surface area contributed by atoms with Gasteiger partial charge in [-0.1, -0.05) is 41.5 Å². The van der Waals surface area contributed by atoms with Gasteiger partial charge in [-0.05, 0) is 56.0 Å². The lowest BCUT2D eigenvalue weighted by Crippen LogP contribution is -2.46. The molecule has 2 atom stereocenters. The summed E-state index contributed by atoms with van der Waals surface area (Å²) in [5, 5.41) is 0.284. The maximum absolute atomic E-state index is 12.8. The largest absolute Gasteiger partial charge is 0.414 e. The van der Waals surface area contributed by atoms with Crippen LogP contribution in [0.15, 0.2) is 0 Å². The van der Waals surface area contributed by atoms with Gasteiger partial charge in [0.05, 0.1) is 19.3 Å². The molecule has 154 valence electrons. The van der Waals surface area contributed by atoms with Gasteiger partial charge in [-0.3, -0.25) is 4.79 Å². The van der Waals surface area contributed by atoms with Crippen LogP contribution in [0.2, 0.25) is 36.3 Å². The van der Waals surface area contributed by atoms with E-state index in [1.54, 1.807) is 0 Å². The molecule has 6 heteroatoms. The summed E-state index contributed by atoms with van der Waals surface area (Å²) in [6.45, 7) is 24.8. The topological polar surface area (TPSA) is 44.8 Å². The second kappa shape index (κ2) is 7.78. The van der Waals surface area contributed by atoms with Gasteiger partial charge in [-0.15, -0.1) is 0 Å². The number of carbonyl (C=O) groups is 1. The fourth-order valence-electron chi connectivity index (χ4n) is 2.38.